The Labute approximate surface area is 65.0 Å². The maximum atomic E-state index is 10.7. The number of carbonyl (C=O) groups excluding carboxylic acids is 1. The number of ether oxygens (including phenoxy) is 2. The quantitative estimate of drug-likeness (QED) is 0.514. The van der Waals surface area contributed by atoms with Crippen LogP contribution in [0.3, 0.4) is 0 Å². The van der Waals surface area contributed by atoms with Crippen LogP contribution >= 0.6 is 0 Å². The van der Waals surface area contributed by atoms with Crippen LogP contribution in [0.4, 0.5) is 0 Å². The Morgan fingerprint density at radius 3 is 2.91 bits per heavy atom. The minimum Gasteiger partial charge on any atom is -0.346 e. The molecule has 1 spiro atoms. The Bertz CT molecular complexity index is 201. The predicted octanol–water partition coefficient (Wildman–Crippen LogP) is 0.649. The third kappa shape index (κ3) is 1.21. The van der Waals surface area contributed by atoms with Crippen LogP contribution < -0.4 is 0 Å². The van der Waals surface area contributed by atoms with Crippen molar-refractivity contribution in [3.05, 3.63) is 12.2 Å². The lowest BCUT2D eigenvalue weighted by molar-refractivity contribution is -0.182. The molecule has 2 rings (SSSR count). The lowest BCUT2D eigenvalue weighted by Crippen LogP contribution is -2.34. The largest absolute Gasteiger partial charge is 0.346 e. The Balaban J connectivity index is 2.15. The summed E-state index contributed by atoms with van der Waals surface area (Å²) < 4.78 is 10.6. The Morgan fingerprint density at radius 2 is 2.36 bits per heavy atom. The first-order chi connectivity index (χ1) is 5.31. The standard InChI is InChI=1S/C8H10O3/c9-7-2-4-8(11-6-7)3-1-5-10-8/h2,4H,1,3,5-6H2/t8-/m0/s1. The summed E-state index contributed by atoms with van der Waals surface area (Å²) in [4.78, 5) is 10.7. The van der Waals surface area contributed by atoms with Gasteiger partial charge in [0.15, 0.2) is 11.6 Å². The highest BCUT2D eigenvalue weighted by Gasteiger charge is 2.36. The summed E-state index contributed by atoms with van der Waals surface area (Å²) in [7, 11) is 0. The summed E-state index contributed by atoms with van der Waals surface area (Å²) in [6.07, 6.45) is 5.16. The van der Waals surface area contributed by atoms with Crippen LogP contribution in [-0.4, -0.2) is 24.8 Å². The summed E-state index contributed by atoms with van der Waals surface area (Å²) in [5, 5.41) is 0. The lowest BCUT2D eigenvalue weighted by Gasteiger charge is -2.26. The highest BCUT2D eigenvalue weighted by Crippen LogP contribution is 2.30. The minimum absolute atomic E-state index is 0.0196. The molecule has 0 amide bonds. The van der Waals surface area contributed by atoms with Crippen molar-refractivity contribution >= 4 is 5.78 Å². The first-order valence-electron chi connectivity index (χ1n) is 3.81. The van der Waals surface area contributed by atoms with E-state index in [-0.39, 0.29) is 12.4 Å². The molecule has 11 heavy (non-hydrogen) atoms. The van der Waals surface area contributed by atoms with Crippen molar-refractivity contribution in [2.45, 2.75) is 18.6 Å². The van der Waals surface area contributed by atoms with Crippen molar-refractivity contribution in [3.63, 3.8) is 0 Å². The van der Waals surface area contributed by atoms with Gasteiger partial charge in [-0.2, -0.15) is 0 Å². The lowest BCUT2D eigenvalue weighted by atomic mass is 10.1. The number of carbonyl (C=O) groups is 1. The van der Waals surface area contributed by atoms with Crippen LogP contribution in [-0.2, 0) is 14.3 Å². The zero-order valence-electron chi connectivity index (χ0n) is 6.21. The van der Waals surface area contributed by atoms with Gasteiger partial charge in [0.2, 0.25) is 0 Å². The molecule has 2 aliphatic rings. The number of ketones is 1. The van der Waals surface area contributed by atoms with Gasteiger partial charge >= 0.3 is 0 Å². The molecule has 1 atom stereocenters. The zero-order chi connectivity index (χ0) is 7.73. The predicted molar refractivity (Wildman–Crippen MR) is 38.0 cm³/mol. The minimum atomic E-state index is -0.548. The van der Waals surface area contributed by atoms with Gasteiger partial charge in [0, 0.05) is 6.42 Å². The first kappa shape index (κ1) is 7.00. The van der Waals surface area contributed by atoms with E-state index in [4.69, 9.17) is 9.47 Å². The van der Waals surface area contributed by atoms with E-state index >= 15 is 0 Å². The smallest absolute Gasteiger partial charge is 0.188 e. The molecule has 3 heteroatoms. The fourth-order valence-electron chi connectivity index (χ4n) is 1.39. The monoisotopic (exact) mass is 154 g/mol. The molecule has 3 nitrogen and oxygen atoms in total. The van der Waals surface area contributed by atoms with E-state index in [0.29, 0.717) is 0 Å². The molecule has 0 unspecified atom stereocenters. The molecule has 0 radical (unpaired) electrons. The first-order valence-corrected chi connectivity index (χ1v) is 3.81. The third-order valence-corrected chi connectivity index (χ3v) is 2.00. The summed E-state index contributed by atoms with van der Waals surface area (Å²) in [6, 6.07) is 0. The van der Waals surface area contributed by atoms with Gasteiger partial charge in [-0.1, -0.05) is 0 Å². The van der Waals surface area contributed by atoms with Crippen LogP contribution in [0.15, 0.2) is 12.2 Å². The molecule has 0 saturated carbocycles. The van der Waals surface area contributed by atoms with E-state index in [1.807, 2.05) is 0 Å². The van der Waals surface area contributed by atoms with Gasteiger partial charge < -0.3 is 9.47 Å². The summed E-state index contributed by atoms with van der Waals surface area (Å²) in [5.74, 6) is -0.528. The molecule has 0 aromatic carbocycles. The van der Waals surface area contributed by atoms with Crippen molar-refractivity contribution in [3.8, 4) is 0 Å². The van der Waals surface area contributed by atoms with Crippen LogP contribution in [0.1, 0.15) is 12.8 Å². The van der Waals surface area contributed by atoms with Crippen molar-refractivity contribution in [1.29, 1.82) is 0 Å². The van der Waals surface area contributed by atoms with Crippen LogP contribution in [0, 0.1) is 0 Å². The molecule has 0 aromatic heterocycles. The Kier molecular flexibility index (Phi) is 1.55. The van der Waals surface area contributed by atoms with Crippen LogP contribution in [0.2, 0.25) is 0 Å². The zero-order valence-corrected chi connectivity index (χ0v) is 6.21. The van der Waals surface area contributed by atoms with E-state index in [2.05, 4.69) is 0 Å². The van der Waals surface area contributed by atoms with Crippen molar-refractivity contribution < 1.29 is 14.3 Å². The second-order valence-electron chi connectivity index (χ2n) is 2.85. The van der Waals surface area contributed by atoms with Gasteiger partial charge in [-0.15, -0.1) is 0 Å². The van der Waals surface area contributed by atoms with Crippen molar-refractivity contribution in [2.75, 3.05) is 13.2 Å². The maximum Gasteiger partial charge on any atom is 0.188 e. The van der Waals surface area contributed by atoms with Gasteiger partial charge in [-0.25, -0.2) is 0 Å². The van der Waals surface area contributed by atoms with E-state index in [1.165, 1.54) is 0 Å². The summed E-state index contributed by atoms with van der Waals surface area (Å²) in [5.41, 5.74) is 0. The van der Waals surface area contributed by atoms with E-state index < -0.39 is 5.79 Å². The maximum absolute atomic E-state index is 10.7. The van der Waals surface area contributed by atoms with Gasteiger partial charge in [-0.05, 0) is 18.6 Å². The Morgan fingerprint density at radius 1 is 1.45 bits per heavy atom. The van der Waals surface area contributed by atoms with Crippen molar-refractivity contribution in [2.24, 2.45) is 0 Å². The third-order valence-electron chi connectivity index (χ3n) is 2.00. The van der Waals surface area contributed by atoms with Gasteiger partial charge in [-0.3, -0.25) is 4.79 Å². The highest BCUT2D eigenvalue weighted by atomic mass is 16.7. The fraction of sp³-hybridized carbons (Fsp3) is 0.625. The molecule has 1 fully saturated rings. The van der Waals surface area contributed by atoms with Crippen LogP contribution in [0.25, 0.3) is 0 Å². The average molecular weight is 154 g/mol. The number of rotatable bonds is 0. The molecule has 1 saturated heterocycles. The van der Waals surface area contributed by atoms with Crippen LogP contribution in [0.5, 0.6) is 0 Å². The summed E-state index contributed by atoms with van der Waals surface area (Å²) >= 11 is 0. The second kappa shape index (κ2) is 2.43. The number of hydrogen-bond donors (Lipinski definition) is 0. The van der Waals surface area contributed by atoms with E-state index in [1.54, 1.807) is 12.2 Å². The van der Waals surface area contributed by atoms with Gasteiger partial charge in [0.25, 0.3) is 0 Å². The highest BCUT2D eigenvalue weighted by molar-refractivity contribution is 5.91. The second-order valence-corrected chi connectivity index (χ2v) is 2.85. The summed E-state index contributed by atoms with van der Waals surface area (Å²) in [6.45, 7) is 0.898. The normalized spacial score (nSPS) is 36.9. The molecule has 0 bridgehead atoms. The molecule has 2 heterocycles. The van der Waals surface area contributed by atoms with E-state index in [0.717, 1.165) is 19.4 Å². The van der Waals surface area contributed by atoms with E-state index in [9.17, 15) is 4.79 Å². The van der Waals surface area contributed by atoms with Crippen molar-refractivity contribution in [1.82, 2.24) is 0 Å². The molecule has 0 N–H and O–H groups in total. The number of hydrogen-bond acceptors (Lipinski definition) is 3. The fourth-order valence-corrected chi connectivity index (χ4v) is 1.39. The molecule has 0 aromatic rings. The Hall–Kier alpha value is -0.670. The van der Waals surface area contributed by atoms with Gasteiger partial charge in [0.1, 0.15) is 6.61 Å². The molecule has 0 aliphatic carbocycles. The molecular weight excluding hydrogens is 144 g/mol. The SMILES string of the molecule is O=C1C=C[C@]2(CCCO2)OC1. The molecule has 2 aliphatic heterocycles. The molecule has 60 valence electrons. The topological polar surface area (TPSA) is 35.5 Å². The van der Waals surface area contributed by atoms with Gasteiger partial charge in [0.05, 0.1) is 6.61 Å². The molecular formula is C8H10O3. The average Bonchev–Trinajstić information content (AvgIpc) is 2.45.